The second-order valence-electron chi connectivity index (χ2n) is 5.71. The fourth-order valence-electron chi connectivity index (χ4n) is 1.61. The summed E-state index contributed by atoms with van der Waals surface area (Å²) in [7, 11) is 0. The van der Waals surface area contributed by atoms with E-state index in [1.54, 1.807) is 17.1 Å². The number of hydrogen-bond acceptors (Lipinski definition) is 3. The van der Waals surface area contributed by atoms with Crippen LogP contribution in [-0.4, -0.2) is 33.6 Å². The molecule has 3 N–H and O–H groups in total. The van der Waals surface area contributed by atoms with Crippen molar-refractivity contribution in [1.29, 1.82) is 0 Å². The topological polar surface area (TPSA) is 79.2 Å². The normalized spacial score (nSPS) is 13.1. The van der Waals surface area contributed by atoms with Crippen molar-refractivity contribution in [2.45, 2.75) is 52.1 Å². The molecule has 1 aromatic rings. The smallest absolute Gasteiger partial charge is 0.319 e. The van der Waals surface area contributed by atoms with Crippen LogP contribution in [0.15, 0.2) is 12.4 Å². The van der Waals surface area contributed by atoms with Crippen LogP contribution < -0.4 is 10.6 Å². The first-order valence-corrected chi connectivity index (χ1v) is 6.56. The van der Waals surface area contributed by atoms with Crippen molar-refractivity contribution < 1.29 is 9.90 Å². The van der Waals surface area contributed by atoms with Crippen LogP contribution in [0.25, 0.3) is 0 Å². The molecule has 1 unspecified atom stereocenters. The van der Waals surface area contributed by atoms with Gasteiger partial charge in [-0.3, -0.25) is 4.68 Å². The van der Waals surface area contributed by atoms with Crippen LogP contribution in [-0.2, 0) is 5.54 Å². The van der Waals surface area contributed by atoms with Crippen LogP contribution in [0.2, 0.25) is 0 Å². The third-order valence-corrected chi connectivity index (χ3v) is 2.70. The number of nitrogens with zero attached hydrogens (tertiary/aromatic N) is 2. The number of nitrogens with one attached hydrogen (secondary N) is 2. The molecule has 1 heterocycles. The Morgan fingerprint density at radius 1 is 1.53 bits per heavy atom. The second kappa shape index (κ2) is 6.56. The minimum atomic E-state index is -0.251. The van der Waals surface area contributed by atoms with Crippen molar-refractivity contribution in [1.82, 2.24) is 15.1 Å². The number of urea groups is 1. The molecule has 0 aliphatic heterocycles. The summed E-state index contributed by atoms with van der Waals surface area (Å²) in [6.07, 6.45) is 4.87. The molecular formula is C13H24N4O2. The lowest BCUT2D eigenvalue weighted by Crippen LogP contribution is -2.36. The van der Waals surface area contributed by atoms with Crippen molar-refractivity contribution in [3.05, 3.63) is 12.4 Å². The average molecular weight is 268 g/mol. The van der Waals surface area contributed by atoms with Gasteiger partial charge in [0.05, 0.1) is 17.4 Å². The lowest BCUT2D eigenvalue weighted by Gasteiger charge is -2.18. The van der Waals surface area contributed by atoms with E-state index in [2.05, 4.69) is 15.7 Å². The Balaban J connectivity index is 2.46. The maximum Gasteiger partial charge on any atom is 0.319 e. The maximum atomic E-state index is 11.7. The second-order valence-corrected chi connectivity index (χ2v) is 5.71. The molecule has 0 aromatic carbocycles. The first kappa shape index (κ1) is 15.5. The quantitative estimate of drug-likeness (QED) is 0.763. The lowest BCUT2D eigenvalue weighted by molar-refractivity contribution is 0.245. The van der Waals surface area contributed by atoms with E-state index in [4.69, 9.17) is 5.11 Å². The Morgan fingerprint density at radius 3 is 2.74 bits per heavy atom. The highest BCUT2D eigenvalue weighted by molar-refractivity contribution is 5.89. The van der Waals surface area contributed by atoms with Crippen LogP contribution in [0.3, 0.4) is 0 Å². The number of hydrogen-bond donors (Lipinski definition) is 3. The SMILES string of the molecule is CC(CCCO)NC(=O)Nc1cnn(C(C)(C)C)c1. The van der Waals surface area contributed by atoms with E-state index in [1.807, 2.05) is 27.7 Å². The Labute approximate surface area is 114 Å². The van der Waals surface area contributed by atoms with Crippen LogP contribution >= 0.6 is 0 Å². The predicted molar refractivity (Wildman–Crippen MR) is 75.2 cm³/mol. The van der Waals surface area contributed by atoms with Crippen molar-refractivity contribution in [3.63, 3.8) is 0 Å². The zero-order valence-electron chi connectivity index (χ0n) is 12.1. The van der Waals surface area contributed by atoms with Gasteiger partial charge in [-0.2, -0.15) is 5.10 Å². The molecule has 2 amide bonds. The molecule has 1 aromatic heterocycles. The standard InChI is InChI=1S/C13H24N4O2/c1-10(6-5-7-18)15-12(19)16-11-8-14-17(9-11)13(2,3)4/h8-10,18H,5-7H2,1-4H3,(H2,15,16,19). The summed E-state index contributed by atoms with van der Waals surface area (Å²) >= 11 is 0. The summed E-state index contributed by atoms with van der Waals surface area (Å²) in [6, 6.07) is -0.219. The zero-order valence-corrected chi connectivity index (χ0v) is 12.1. The first-order valence-electron chi connectivity index (χ1n) is 6.56. The third kappa shape index (κ3) is 5.30. The molecule has 0 aliphatic rings. The lowest BCUT2D eigenvalue weighted by atomic mass is 10.1. The molecule has 1 rings (SSSR count). The minimum Gasteiger partial charge on any atom is -0.396 e. The molecule has 6 heteroatoms. The van der Waals surface area contributed by atoms with Crippen molar-refractivity contribution in [3.8, 4) is 0 Å². The van der Waals surface area contributed by atoms with E-state index in [0.29, 0.717) is 12.1 Å². The van der Waals surface area contributed by atoms with Crippen LogP contribution in [0.1, 0.15) is 40.5 Å². The average Bonchev–Trinajstić information content (AvgIpc) is 2.74. The van der Waals surface area contributed by atoms with Gasteiger partial charge in [0, 0.05) is 18.8 Å². The number of anilines is 1. The Hall–Kier alpha value is -1.56. The monoisotopic (exact) mass is 268 g/mol. The van der Waals surface area contributed by atoms with Gasteiger partial charge in [-0.1, -0.05) is 0 Å². The fourth-order valence-corrected chi connectivity index (χ4v) is 1.61. The molecule has 108 valence electrons. The number of aromatic nitrogens is 2. The summed E-state index contributed by atoms with van der Waals surface area (Å²) in [6.45, 7) is 8.18. The molecule has 0 fully saturated rings. The predicted octanol–water partition coefficient (Wildman–Crippen LogP) is 1.92. The van der Waals surface area contributed by atoms with Gasteiger partial charge in [0.25, 0.3) is 0 Å². The summed E-state index contributed by atoms with van der Waals surface area (Å²) in [5.41, 5.74) is 0.562. The molecule has 1 atom stereocenters. The maximum absolute atomic E-state index is 11.7. The highest BCUT2D eigenvalue weighted by Gasteiger charge is 2.15. The molecule has 0 saturated carbocycles. The third-order valence-electron chi connectivity index (χ3n) is 2.70. The molecular weight excluding hydrogens is 244 g/mol. The summed E-state index contributed by atoms with van der Waals surface area (Å²) in [4.78, 5) is 11.7. The Bertz CT molecular complexity index is 409. The minimum absolute atomic E-state index is 0.0322. The van der Waals surface area contributed by atoms with E-state index < -0.39 is 0 Å². The van der Waals surface area contributed by atoms with Crippen molar-refractivity contribution >= 4 is 11.7 Å². The fraction of sp³-hybridized carbons (Fsp3) is 0.692. The van der Waals surface area contributed by atoms with Gasteiger partial charge in [0.15, 0.2) is 0 Å². The van der Waals surface area contributed by atoms with E-state index in [0.717, 1.165) is 6.42 Å². The summed E-state index contributed by atoms with van der Waals surface area (Å²) in [5, 5.41) is 18.5. The molecule has 0 aliphatic carbocycles. The number of carbonyl (C=O) groups excluding carboxylic acids is 1. The van der Waals surface area contributed by atoms with Crippen molar-refractivity contribution in [2.75, 3.05) is 11.9 Å². The Kier molecular flexibility index (Phi) is 5.35. The summed E-state index contributed by atoms with van der Waals surface area (Å²) in [5.74, 6) is 0. The van der Waals surface area contributed by atoms with E-state index in [9.17, 15) is 4.79 Å². The molecule has 0 saturated heterocycles. The van der Waals surface area contributed by atoms with Gasteiger partial charge in [-0.05, 0) is 40.5 Å². The number of amides is 2. The molecule has 0 bridgehead atoms. The first-order chi connectivity index (χ1) is 8.82. The van der Waals surface area contributed by atoms with Crippen LogP contribution in [0, 0.1) is 0 Å². The number of rotatable bonds is 5. The molecule has 6 nitrogen and oxygen atoms in total. The van der Waals surface area contributed by atoms with Gasteiger partial charge in [-0.15, -0.1) is 0 Å². The van der Waals surface area contributed by atoms with Gasteiger partial charge in [0.2, 0.25) is 0 Å². The van der Waals surface area contributed by atoms with E-state index in [-0.39, 0.29) is 24.2 Å². The highest BCUT2D eigenvalue weighted by Crippen LogP contribution is 2.15. The largest absolute Gasteiger partial charge is 0.396 e. The van der Waals surface area contributed by atoms with Gasteiger partial charge in [0.1, 0.15) is 0 Å². The van der Waals surface area contributed by atoms with Gasteiger partial charge in [-0.25, -0.2) is 4.79 Å². The number of aliphatic hydroxyl groups excluding tert-OH is 1. The number of carbonyl (C=O) groups is 1. The van der Waals surface area contributed by atoms with Gasteiger partial charge >= 0.3 is 6.03 Å². The van der Waals surface area contributed by atoms with E-state index in [1.165, 1.54) is 0 Å². The van der Waals surface area contributed by atoms with Crippen LogP contribution in [0.4, 0.5) is 10.5 Å². The van der Waals surface area contributed by atoms with E-state index >= 15 is 0 Å². The summed E-state index contributed by atoms with van der Waals surface area (Å²) < 4.78 is 1.80. The molecule has 0 spiro atoms. The van der Waals surface area contributed by atoms with Gasteiger partial charge < -0.3 is 15.7 Å². The zero-order chi connectivity index (χ0) is 14.5. The van der Waals surface area contributed by atoms with Crippen molar-refractivity contribution in [2.24, 2.45) is 0 Å². The molecule has 19 heavy (non-hydrogen) atoms. The molecule has 0 radical (unpaired) electrons. The highest BCUT2D eigenvalue weighted by atomic mass is 16.3. The Morgan fingerprint density at radius 2 is 2.21 bits per heavy atom. The number of aliphatic hydroxyl groups is 1. The van der Waals surface area contributed by atoms with Crippen LogP contribution in [0.5, 0.6) is 0 Å².